The van der Waals surface area contributed by atoms with Gasteiger partial charge in [0.2, 0.25) is 5.91 Å². The van der Waals surface area contributed by atoms with Crippen LogP contribution in [0.2, 0.25) is 0 Å². The summed E-state index contributed by atoms with van der Waals surface area (Å²) in [5, 5.41) is 2.59. The van der Waals surface area contributed by atoms with Gasteiger partial charge in [-0.2, -0.15) is 0 Å². The third-order valence-corrected chi connectivity index (χ3v) is 6.07. The number of hydrogen-bond acceptors (Lipinski definition) is 4. The molecule has 0 aromatic heterocycles. The van der Waals surface area contributed by atoms with E-state index in [0.717, 1.165) is 12.8 Å². The zero-order valence-electron chi connectivity index (χ0n) is 15.3. The lowest BCUT2D eigenvalue weighted by Crippen LogP contribution is -2.72. The molecule has 0 radical (unpaired) electrons. The number of rotatable bonds is 2. The van der Waals surface area contributed by atoms with Crippen LogP contribution in [0.1, 0.15) is 12.8 Å². The van der Waals surface area contributed by atoms with Gasteiger partial charge >= 0.3 is 12.1 Å². The van der Waals surface area contributed by atoms with E-state index in [1.165, 1.54) is 12.1 Å². The highest BCUT2D eigenvalue weighted by Gasteiger charge is 2.63. The molecule has 8 nitrogen and oxygen atoms in total. The lowest BCUT2D eigenvalue weighted by atomic mass is 9.84. The Bertz CT molecular complexity index is 852. The quantitative estimate of drug-likeness (QED) is 0.832. The molecule has 1 atom stereocenters. The highest BCUT2D eigenvalue weighted by molar-refractivity contribution is 5.90. The number of hydrogen-bond donors (Lipinski definition) is 1. The summed E-state index contributed by atoms with van der Waals surface area (Å²) < 4.78 is 19.5. The van der Waals surface area contributed by atoms with Crippen LogP contribution in [0.3, 0.4) is 0 Å². The first kappa shape index (κ1) is 17.3. The summed E-state index contributed by atoms with van der Waals surface area (Å²) >= 11 is 0. The summed E-state index contributed by atoms with van der Waals surface area (Å²) in [6.45, 7) is 1.73. The standard InChI is InChI=1S/C19H21FN4O4/c20-13-3-1-2-4-14(13)21-17(26)22-7-8-24-15(9-22)19(28-18(24)27)10-23(11-19)16(25)12-5-6-12/h1-4,12,15H,5-11H2,(H,21,26). The minimum Gasteiger partial charge on any atom is -0.437 e. The SMILES string of the molecule is O=C(Nc1ccccc1F)N1CCN2C(=O)OC3(CN(C(=O)C4CC4)C3)C2C1. The van der Waals surface area contributed by atoms with Crippen molar-refractivity contribution in [3.05, 3.63) is 30.1 Å². The zero-order valence-corrected chi connectivity index (χ0v) is 15.3. The van der Waals surface area contributed by atoms with E-state index in [9.17, 15) is 18.8 Å². The summed E-state index contributed by atoms with van der Waals surface area (Å²) in [6.07, 6.45) is 1.47. The molecule has 1 aliphatic carbocycles. The molecule has 148 valence electrons. The molecule has 28 heavy (non-hydrogen) atoms. The van der Waals surface area contributed by atoms with Gasteiger partial charge in [-0.1, -0.05) is 12.1 Å². The monoisotopic (exact) mass is 388 g/mol. The van der Waals surface area contributed by atoms with Gasteiger partial charge in [-0.25, -0.2) is 14.0 Å². The molecule has 3 heterocycles. The van der Waals surface area contributed by atoms with Gasteiger partial charge in [0, 0.05) is 25.6 Å². The second-order valence-corrected chi connectivity index (χ2v) is 7.97. The zero-order chi connectivity index (χ0) is 19.5. The first-order chi connectivity index (χ1) is 13.5. The molecule has 5 rings (SSSR count). The second-order valence-electron chi connectivity index (χ2n) is 7.97. The molecule has 0 bridgehead atoms. The lowest BCUT2D eigenvalue weighted by molar-refractivity contribution is -0.156. The Hall–Kier alpha value is -2.84. The first-order valence-electron chi connectivity index (χ1n) is 9.56. The van der Waals surface area contributed by atoms with Gasteiger partial charge in [0.05, 0.1) is 24.8 Å². The van der Waals surface area contributed by atoms with Crippen LogP contribution >= 0.6 is 0 Å². The summed E-state index contributed by atoms with van der Waals surface area (Å²) in [5.74, 6) is -0.247. The third-order valence-electron chi connectivity index (χ3n) is 6.07. The fourth-order valence-electron chi connectivity index (χ4n) is 4.31. The Morgan fingerprint density at radius 3 is 2.61 bits per heavy atom. The maximum Gasteiger partial charge on any atom is 0.411 e. The number of urea groups is 1. The van der Waals surface area contributed by atoms with Crippen LogP contribution < -0.4 is 5.32 Å². The molecule has 1 N–H and O–H groups in total. The van der Waals surface area contributed by atoms with Crippen molar-refractivity contribution >= 4 is 23.7 Å². The number of carbonyl (C=O) groups excluding carboxylic acids is 3. The number of amides is 4. The summed E-state index contributed by atoms with van der Waals surface area (Å²) in [5.41, 5.74) is -0.633. The smallest absolute Gasteiger partial charge is 0.411 e. The van der Waals surface area contributed by atoms with Gasteiger partial charge in [-0.3, -0.25) is 9.69 Å². The number of para-hydroxylation sites is 1. The molecule has 9 heteroatoms. The van der Waals surface area contributed by atoms with E-state index in [0.29, 0.717) is 26.2 Å². The molecule has 1 spiro atoms. The summed E-state index contributed by atoms with van der Waals surface area (Å²) in [7, 11) is 0. The Labute approximate surface area is 161 Å². The van der Waals surface area contributed by atoms with Crippen molar-refractivity contribution in [2.24, 2.45) is 5.92 Å². The van der Waals surface area contributed by atoms with Gasteiger partial charge in [-0.05, 0) is 25.0 Å². The van der Waals surface area contributed by atoms with Crippen molar-refractivity contribution in [2.45, 2.75) is 24.5 Å². The molecular formula is C19H21FN4O4. The Morgan fingerprint density at radius 2 is 1.89 bits per heavy atom. The predicted octanol–water partition coefficient (Wildman–Crippen LogP) is 1.48. The van der Waals surface area contributed by atoms with E-state index < -0.39 is 23.5 Å². The fraction of sp³-hybridized carbons (Fsp3) is 0.526. The number of carbonyl (C=O) groups is 3. The molecule has 4 amide bonds. The predicted molar refractivity (Wildman–Crippen MR) is 96.0 cm³/mol. The molecule has 4 fully saturated rings. The summed E-state index contributed by atoms with van der Waals surface area (Å²) in [6, 6.07) is 5.27. The van der Waals surface area contributed by atoms with E-state index >= 15 is 0 Å². The van der Waals surface area contributed by atoms with E-state index in [1.54, 1.807) is 26.8 Å². The number of fused-ring (bicyclic) bond motifs is 2. The number of nitrogens with zero attached hydrogens (tertiary/aromatic N) is 3. The highest BCUT2D eigenvalue weighted by Crippen LogP contribution is 2.42. The minimum atomic E-state index is -0.751. The number of anilines is 1. The van der Waals surface area contributed by atoms with Crippen LogP contribution in [-0.2, 0) is 9.53 Å². The third kappa shape index (κ3) is 2.68. The number of piperazine rings is 1. The lowest BCUT2D eigenvalue weighted by Gasteiger charge is -2.51. The van der Waals surface area contributed by atoms with Crippen LogP contribution in [0.25, 0.3) is 0 Å². The largest absolute Gasteiger partial charge is 0.437 e. The highest BCUT2D eigenvalue weighted by atomic mass is 19.1. The average Bonchev–Trinajstić information content (AvgIpc) is 3.46. The van der Waals surface area contributed by atoms with Crippen molar-refractivity contribution in [1.29, 1.82) is 0 Å². The van der Waals surface area contributed by atoms with Crippen molar-refractivity contribution in [1.82, 2.24) is 14.7 Å². The maximum atomic E-state index is 13.8. The van der Waals surface area contributed by atoms with Gasteiger partial charge in [0.15, 0.2) is 5.60 Å². The molecule has 3 saturated heterocycles. The van der Waals surface area contributed by atoms with Gasteiger partial charge < -0.3 is 19.9 Å². The van der Waals surface area contributed by atoms with E-state index in [1.807, 2.05) is 0 Å². The number of nitrogens with one attached hydrogen (secondary N) is 1. The van der Waals surface area contributed by atoms with Crippen LogP contribution in [0.4, 0.5) is 19.7 Å². The fourth-order valence-corrected chi connectivity index (χ4v) is 4.31. The topological polar surface area (TPSA) is 82.2 Å². The van der Waals surface area contributed by atoms with E-state index in [-0.39, 0.29) is 30.1 Å². The molecule has 1 aromatic carbocycles. The Morgan fingerprint density at radius 1 is 1.14 bits per heavy atom. The van der Waals surface area contributed by atoms with Crippen LogP contribution in [-0.4, -0.2) is 77.1 Å². The van der Waals surface area contributed by atoms with Crippen LogP contribution in [0.15, 0.2) is 24.3 Å². The number of halogens is 1. The van der Waals surface area contributed by atoms with Crippen molar-refractivity contribution in [3.63, 3.8) is 0 Å². The average molecular weight is 388 g/mol. The van der Waals surface area contributed by atoms with Crippen LogP contribution in [0, 0.1) is 11.7 Å². The molecule has 4 aliphatic rings. The molecule has 1 aromatic rings. The van der Waals surface area contributed by atoms with E-state index in [2.05, 4.69) is 5.32 Å². The number of likely N-dealkylation sites (tertiary alicyclic amines) is 1. The van der Waals surface area contributed by atoms with Gasteiger partial charge in [0.1, 0.15) is 5.82 Å². The van der Waals surface area contributed by atoms with Crippen molar-refractivity contribution in [3.8, 4) is 0 Å². The molecule has 3 aliphatic heterocycles. The molecule has 1 unspecified atom stereocenters. The van der Waals surface area contributed by atoms with Gasteiger partial charge in [0.25, 0.3) is 0 Å². The normalized spacial score (nSPS) is 25.2. The Balaban J connectivity index is 1.27. The molecule has 1 saturated carbocycles. The van der Waals surface area contributed by atoms with Crippen LogP contribution in [0.5, 0.6) is 0 Å². The second kappa shape index (κ2) is 6.08. The number of ether oxygens (including phenoxy) is 1. The van der Waals surface area contributed by atoms with Gasteiger partial charge in [-0.15, -0.1) is 0 Å². The van der Waals surface area contributed by atoms with Crippen molar-refractivity contribution in [2.75, 3.05) is 38.0 Å². The minimum absolute atomic E-state index is 0.119. The number of benzene rings is 1. The summed E-state index contributed by atoms with van der Waals surface area (Å²) in [4.78, 5) is 42.1. The first-order valence-corrected chi connectivity index (χ1v) is 9.56. The van der Waals surface area contributed by atoms with E-state index in [4.69, 9.17) is 4.74 Å². The van der Waals surface area contributed by atoms with Crippen molar-refractivity contribution < 1.29 is 23.5 Å². The molecular weight excluding hydrogens is 367 g/mol. The maximum absolute atomic E-state index is 13.8. The Kier molecular flexibility index (Phi) is 3.75.